The molecule has 1 amide bonds. The number of rotatable bonds is 4. The van der Waals surface area contributed by atoms with Gasteiger partial charge in [-0.05, 0) is 17.5 Å². The molecule has 128 valence electrons. The lowest BCUT2D eigenvalue weighted by atomic mass is 9.91. The Morgan fingerprint density at radius 3 is 2.88 bits per heavy atom. The Kier molecular flexibility index (Phi) is 4.51. The summed E-state index contributed by atoms with van der Waals surface area (Å²) < 4.78 is 7.57. The van der Waals surface area contributed by atoms with Gasteiger partial charge in [0.25, 0.3) is 0 Å². The first-order chi connectivity index (χ1) is 11.4. The maximum absolute atomic E-state index is 12.5. The minimum atomic E-state index is -0.0146. The van der Waals surface area contributed by atoms with Crippen LogP contribution in [0.4, 0.5) is 0 Å². The van der Waals surface area contributed by atoms with Crippen LogP contribution < -0.4 is 4.74 Å². The van der Waals surface area contributed by atoms with Crippen LogP contribution in [0.5, 0.6) is 5.75 Å². The van der Waals surface area contributed by atoms with Crippen molar-refractivity contribution in [3.63, 3.8) is 0 Å². The van der Waals surface area contributed by atoms with Gasteiger partial charge in [-0.25, -0.2) is 4.68 Å². The molecule has 0 saturated heterocycles. The van der Waals surface area contributed by atoms with Crippen LogP contribution in [0, 0.1) is 5.41 Å². The van der Waals surface area contributed by atoms with Gasteiger partial charge in [-0.2, -0.15) is 0 Å². The number of nitrogens with zero attached hydrogens (tertiary/aromatic N) is 5. The molecule has 0 unspecified atom stereocenters. The fourth-order valence-electron chi connectivity index (χ4n) is 2.67. The van der Waals surface area contributed by atoms with Gasteiger partial charge in [-0.3, -0.25) is 9.78 Å². The van der Waals surface area contributed by atoms with Gasteiger partial charge in [0.05, 0.1) is 25.0 Å². The molecular formula is C17H23N5O2. The van der Waals surface area contributed by atoms with Gasteiger partial charge < -0.3 is 9.64 Å². The molecule has 0 atom stereocenters. The summed E-state index contributed by atoms with van der Waals surface area (Å²) in [4.78, 5) is 18.4. The highest BCUT2D eigenvalue weighted by Gasteiger charge is 2.27. The monoisotopic (exact) mass is 329 g/mol. The van der Waals surface area contributed by atoms with E-state index >= 15 is 0 Å². The molecule has 3 rings (SSSR count). The van der Waals surface area contributed by atoms with Gasteiger partial charge in [0.2, 0.25) is 5.91 Å². The molecule has 1 aliphatic heterocycles. The predicted molar refractivity (Wildman–Crippen MR) is 88.1 cm³/mol. The molecule has 0 bridgehead atoms. The molecule has 0 radical (unpaired) electrons. The van der Waals surface area contributed by atoms with Gasteiger partial charge in [0, 0.05) is 19.2 Å². The summed E-state index contributed by atoms with van der Waals surface area (Å²) in [7, 11) is 0. The fraction of sp³-hybridized carbons (Fsp3) is 0.529. The SMILES string of the molecule is CC(C)(C)CC(=O)N1CCn2nnc(COc3cccnc3)c2C1. The highest BCUT2D eigenvalue weighted by Crippen LogP contribution is 2.23. The minimum Gasteiger partial charge on any atom is -0.486 e. The Labute approximate surface area is 141 Å². The standard InChI is InChI=1S/C17H23N5O2/c1-17(2,3)9-16(23)21-7-8-22-15(11-21)14(19-20-22)12-24-13-5-4-6-18-10-13/h4-6,10H,7-9,11-12H2,1-3H3. The van der Waals surface area contributed by atoms with Crippen molar-refractivity contribution in [2.24, 2.45) is 5.41 Å². The van der Waals surface area contributed by atoms with E-state index in [4.69, 9.17) is 4.74 Å². The van der Waals surface area contributed by atoms with Gasteiger partial charge >= 0.3 is 0 Å². The van der Waals surface area contributed by atoms with Gasteiger partial charge in [-0.15, -0.1) is 5.10 Å². The zero-order valence-electron chi connectivity index (χ0n) is 14.4. The number of carbonyl (C=O) groups excluding carboxylic acids is 1. The van der Waals surface area contributed by atoms with Crippen LogP contribution in [0.15, 0.2) is 24.5 Å². The van der Waals surface area contributed by atoms with Crippen LogP contribution in [-0.4, -0.2) is 37.3 Å². The number of hydrogen-bond acceptors (Lipinski definition) is 5. The van der Waals surface area contributed by atoms with Crippen LogP contribution in [-0.2, 0) is 24.5 Å². The number of aromatic nitrogens is 4. The van der Waals surface area contributed by atoms with Crippen LogP contribution in [0.3, 0.4) is 0 Å². The Bertz CT molecular complexity index is 706. The number of fused-ring (bicyclic) bond motifs is 1. The van der Waals surface area contributed by atoms with Crippen molar-refractivity contribution in [1.82, 2.24) is 24.9 Å². The Morgan fingerprint density at radius 2 is 2.17 bits per heavy atom. The summed E-state index contributed by atoms with van der Waals surface area (Å²) in [6.45, 7) is 8.44. The second-order valence-electron chi connectivity index (χ2n) is 7.24. The topological polar surface area (TPSA) is 73.1 Å². The van der Waals surface area contributed by atoms with Crippen molar-refractivity contribution in [2.75, 3.05) is 6.54 Å². The van der Waals surface area contributed by atoms with Crippen molar-refractivity contribution in [1.29, 1.82) is 0 Å². The first-order valence-electron chi connectivity index (χ1n) is 8.14. The molecule has 0 saturated carbocycles. The van der Waals surface area contributed by atoms with Gasteiger partial charge in [-0.1, -0.05) is 26.0 Å². The third-order valence-corrected chi connectivity index (χ3v) is 3.88. The molecule has 0 aromatic carbocycles. The van der Waals surface area contributed by atoms with Crippen LogP contribution in [0.1, 0.15) is 38.6 Å². The molecular weight excluding hydrogens is 306 g/mol. The normalized spacial score (nSPS) is 14.4. The maximum Gasteiger partial charge on any atom is 0.223 e. The third kappa shape index (κ3) is 3.90. The summed E-state index contributed by atoms with van der Waals surface area (Å²) in [5.74, 6) is 0.866. The van der Waals surface area contributed by atoms with Crippen LogP contribution in [0.2, 0.25) is 0 Å². The number of carbonyl (C=O) groups is 1. The molecule has 2 aromatic heterocycles. The molecule has 7 nitrogen and oxygen atoms in total. The Balaban J connectivity index is 1.67. The lowest BCUT2D eigenvalue weighted by Gasteiger charge is -2.30. The molecule has 0 spiro atoms. The molecule has 0 fully saturated rings. The van der Waals surface area contributed by atoms with Crippen LogP contribution in [0.25, 0.3) is 0 Å². The van der Waals surface area contributed by atoms with Gasteiger partial charge in [0.1, 0.15) is 18.1 Å². The van der Waals surface area contributed by atoms with Crippen molar-refractivity contribution >= 4 is 5.91 Å². The zero-order valence-corrected chi connectivity index (χ0v) is 14.4. The molecule has 1 aliphatic rings. The number of ether oxygens (including phenoxy) is 1. The van der Waals surface area contributed by atoms with Crippen LogP contribution >= 0.6 is 0 Å². The van der Waals surface area contributed by atoms with Crippen molar-refractivity contribution < 1.29 is 9.53 Å². The maximum atomic E-state index is 12.5. The summed E-state index contributed by atoms with van der Waals surface area (Å²) >= 11 is 0. The van der Waals surface area contributed by atoms with E-state index in [1.54, 1.807) is 12.4 Å². The summed E-state index contributed by atoms with van der Waals surface area (Å²) in [6, 6.07) is 3.67. The summed E-state index contributed by atoms with van der Waals surface area (Å²) in [6.07, 6.45) is 3.90. The van der Waals surface area contributed by atoms with Crippen molar-refractivity contribution in [2.45, 2.75) is 46.9 Å². The smallest absolute Gasteiger partial charge is 0.223 e. The number of hydrogen-bond donors (Lipinski definition) is 0. The first kappa shape index (κ1) is 16.4. The molecule has 0 N–H and O–H groups in total. The van der Waals surface area contributed by atoms with E-state index < -0.39 is 0 Å². The molecule has 3 heterocycles. The number of pyridine rings is 1. The highest BCUT2D eigenvalue weighted by molar-refractivity contribution is 5.76. The van der Waals surface area contributed by atoms with E-state index in [-0.39, 0.29) is 11.3 Å². The van der Waals surface area contributed by atoms with E-state index in [9.17, 15) is 4.79 Å². The quantitative estimate of drug-likeness (QED) is 0.858. The summed E-state index contributed by atoms with van der Waals surface area (Å²) in [5.41, 5.74) is 1.71. The first-order valence-corrected chi connectivity index (χ1v) is 8.14. The Hall–Kier alpha value is -2.44. The molecule has 2 aromatic rings. The predicted octanol–water partition coefficient (Wildman–Crippen LogP) is 2.03. The van der Waals surface area contributed by atoms with E-state index in [0.29, 0.717) is 38.4 Å². The lowest BCUT2D eigenvalue weighted by Crippen LogP contribution is -2.40. The van der Waals surface area contributed by atoms with E-state index in [1.165, 1.54) is 0 Å². The van der Waals surface area contributed by atoms with Crippen molar-refractivity contribution in [3.8, 4) is 5.75 Å². The average molecular weight is 329 g/mol. The largest absolute Gasteiger partial charge is 0.486 e. The highest BCUT2D eigenvalue weighted by atomic mass is 16.5. The second-order valence-corrected chi connectivity index (χ2v) is 7.24. The molecule has 0 aliphatic carbocycles. The number of amides is 1. The van der Waals surface area contributed by atoms with E-state index in [1.807, 2.05) is 21.7 Å². The van der Waals surface area contributed by atoms with E-state index in [0.717, 1.165) is 11.4 Å². The third-order valence-electron chi connectivity index (χ3n) is 3.88. The Morgan fingerprint density at radius 1 is 1.33 bits per heavy atom. The van der Waals surface area contributed by atoms with Gasteiger partial charge in [0.15, 0.2) is 0 Å². The summed E-state index contributed by atoms with van der Waals surface area (Å²) in [5, 5.41) is 8.38. The minimum absolute atomic E-state index is 0.0146. The van der Waals surface area contributed by atoms with E-state index in [2.05, 4.69) is 36.1 Å². The zero-order chi connectivity index (χ0) is 17.2. The average Bonchev–Trinajstić information content (AvgIpc) is 2.94. The molecule has 24 heavy (non-hydrogen) atoms. The lowest BCUT2D eigenvalue weighted by molar-refractivity contribution is -0.134. The molecule has 7 heteroatoms. The van der Waals surface area contributed by atoms with Crippen molar-refractivity contribution in [3.05, 3.63) is 35.9 Å². The second kappa shape index (κ2) is 6.59. The fourth-order valence-corrected chi connectivity index (χ4v) is 2.67.